The molecule has 2 rings (SSSR count). The molecule has 15 heavy (non-hydrogen) atoms. The molecule has 1 atom stereocenters. The van der Waals surface area contributed by atoms with E-state index in [9.17, 15) is 9.59 Å². The molecule has 0 amide bonds. The van der Waals surface area contributed by atoms with E-state index in [0.717, 1.165) is 5.69 Å². The number of aromatic amines is 1. The van der Waals surface area contributed by atoms with Crippen molar-refractivity contribution in [1.82, 2.24) is 10.2 Å². The quantitative estimate of drug-likeness (QED) is 0.651. The van der Waals surface area contributed by atoms with Gasteiger partial charge in [0.2, 0.25) is 0 Å². The predicted molar refractivity (Wildman–Crippen MR) is 48.7 cm³/mol. The Kier molecular flexibility index (Phi) is 2.18. The molecule has 1 aliphatic carbocycles. The largest absolute Gasteiger partial charge is 0.481 e. The number of carboxylic acid groups (broad SMARTS) is 2. The summed E-state index contributed by atoms with van der Waals surface area (Å²) in [5.74, 6) is -2.48. The van der Waals surface area contributed by atoms with Crippen molar-refractivity contribution in [1.29, 1.82) is 0 Å². The number of aryl methyl sites for hydroxylation is 1. The van der Waals surface area contributed by atoms with Gasteiger partial charge in [-0.25, -0.2) is 4.79 Å². The minimum Gasteiger partial charge on any atom is -0.481 e. The van der Waals surface area contributed by atoms with Crippen molar-refractivity contribution in [2.45, 2.75) is 19.3 Å². The zero-order chi connectivity index (χ0) is 11.0. The topological polar surface area (TPSA) is 103 Å². The van der Waals surface area contributed by atoms with Crippen LogP contribution in [0, 0.1) is 5.92 Å². The monoisotopic (exact) mass is 210 g/mol. The third-order valence-corrected chi connectivity index (χ3v) is 2.70. The van der Waals surface area contributed by atoms with Crippen molar-refractivity contribution in [2.75, 3.05) is 0 Å². The van der Waals surface area contributed by atoms with E-state index >= 15 is 0 Å². The number of fused-ring (bicyclic) bond motifs is 1. The molecule has 1 aromatic rings. The highest BCUT2D eigenvalue weighted by Crippen LogP contribution is 2.26. The summed E-state index contributed by atoms with van der Waals surface area (Å²) >= 11 is 0. The fourth-order valence-corrected chi connectivity index (χ4v) is 1.88. The van der Waals surface area contributed by atoms with Gasteiger partial charge in [0.25, 0.3) is 0 Å². The Morgan fingerprint density at radius 3 is 2.73 bits per heavy atom. The van der Waals surface area contributed by atoms with E-state index in [1.54, 1.807) is 0 Å². The number of nitrogens with one attached hydrogen (secondary N) is 1. The molecular formula is C9H10N2O4. The number of carbonyl (C=O) groups is 2. The lowest BCUT2D eigenvalue weighted by Crippen LogP contribution is -2.22. The van der Waals surface area contributed by atoms with E-state index in [4.69, 9.17) is 10.2 Å². The summed E-state index contributed by atoms with van der Waals surface area (Å²) in [5.41, 5.74) is 1.25. The molecule has 0 spiro atoms. The summed E-state index contributed by atoms with van der Waals surface area (Å²) in [4.78, 5) is 21.6. The van der Waals surface area contributed by atoms with Gasteiger partial charge in [-0.3, -0.25) is 9.89 Å². The van der Waals surface area contributed by atoms with E-state index in [1.165, 1.54) is 0 Å². The zero-order valence-electron chi connectivity index (χ0n) is 7.86. The Bertz CT molecular complexity index is 424. The fraction of sp³-hybridized carbons (Fsp3) is 0.444. The van der Waals surface area contributed by atoms with Crippen LogP contribution in [0.2, 0.25) is 0 Å². The number of H-pyrrole nitrogens is 1. The standard InChI is InChI=1S/C9H10N2O4/c12-8(13)4-1-2-6-5(3-4)7(9(14)15)11-10-6/h4H,1-3H2,(H,10,11)(H,12,13)(H,14,15). The molecule has 0 saturated carbocycles. The highest BCUT2D eigenvalue weighted by Gasteiger charge is 2.29. The first-order valence-corrected chi connectivity index (χ1v) is 4.61. The van der Waals surface area contributed by atoms with Crippen molar-refractivity contribution < 1.29 is 19.8 Å². The molecule has 80 valence electrons. The van der Waals surface area contributed by atoms with Crippen LogP contribution in [0.4, 0.5) is 0 Å². The second kappa shape index (κ2) is 3.38. The van der Waals surface area contributed by atoms with Crippen LogP contribution in [0.3, 0.4) is 0 Å². The molecule has 0 aromatic carbocycles. The van der Waals surface area contributed by atoms with Crippen LogP contribution in [0.5, 0.6) is 0 Å². The molecule has 1 aromatic heterocycles. The smallest absolute Gasteiger partial charge is 0.356 e. The normalized spacial score (nSPS) is 19.6. The molecule has 0 radical (unpaired) electrons. The lowest BCUT2D eigenvalue weighted by molar-refractivity contribution is -0.142. The Labute approximate surface area is 84.9 Å². The van der Waals surface area contributed by atoms with Gasteiger partial charge < -0.3 is 10.2 Å². The van der Waals surface area contributed by atoms with Crippen LogP contribution in [-0.4, -0.2) is 32.3 Å². The van der Waals surface area contributed by atoms with Crippen molar-refractivity contribution in [3.8, 4) is 0 Å². The van der Waals surface area contributed by atoms with Crippen molar-refractivity contribution in [3.05, 3.63) is 17.0 Å². The molecule has 1 aliphatic rings. The third kappa shape index (κ3) is 1.58. The Morgan fingerprint density at radius 2 is 2.13 bits per heavy atom. The second-order valence-electron chi connectivity index (χ2n) is 3.61. The number of hydrogen-bond donors (Lipinski definition) is 3. The first kappa shape index (κ1) is 9.70. The van der Waals surface area contributed by atoms with Crippen LogP contribution in [-0.2, 0) is 17.6 Å². The van der Waals surface area contributed by atoms with Crippen LogP contribution in [0.15, 0.2) is 0 Å². The molecule has 3 N–H and O–H groups in total. The number of nitrogens with zero attached hydrogens (tertiary/aromatic N) is 1. The molecule has 0 aliphatic heterocycles. The maximum Gasteiger partial charge on any atom is 0.356 e. The Morgan fingerprint density at radius 1 is 1.40 bits per heavy atom. The first-order chi connectivity index (χ1) is 7.09. The summed E-state index contributed by atoms with van der Waals surface area (Å²) in [6, 6.07) is 0. The van der Waals surface area contributed by atoms with Gasteiger partial charge in [-0.05, 0) is 19.3 Å². The van der Waals surface area contributed by atoms with Crippen LogP contribution in [0.25, 0.3) is 0 Å². The maximum absolute atomic E-state index is 10.8. The molecule has 0 saturated heterocycles. The Balaban J connectivity index is 2.34. The highest BCUT2D eigenvalue weighted by molar-refractivity contribution is 5.87. The van der Waals surface area contributed by atoms with Gasteiger partial charge >= 0.3 is 11.9 Å². The van der Waals surface area contributed by atoms with Crippen LogP contribution < -0.4 is 0 Å². The van der Waals surface area contributed by atoms with Crippen LogP contribution >= 0.6 is 0 Å². The lowest BCUT2D eigenvalue weighted by atomic mass is 9.86. The predicted octanol–water partition coefficient (Wildman–Crippen LogP) is 0.297. The van der Waals surface area contributed by atoms with Gasteiger partial charge in [0.1, 0.15) is 0 Å². The SMILES string of the molecule is O=C(O)c1n[nH]c2c1CC(C(=O)O)CC2. The molecule has 6 heteroatoms. The fourth-order valence-electron chi connectivity index (χ4n) is 1.88. The number of carboxylic acids is 2. The number of rotatable bonds is 2. The minimum absolute atomic E-state index is 0.0454. The van der Waals surface area contributed by atoms with E-state index in [-0.39, 0.29) is 12.1 Å². The van der Waals surface area contributed by atoms with Gasteiger partial charge in [-0.2, -0.15) is 5.10 Å². The molecule has 0 fully saturated rings. The summed E-state index contributed by atoms with van der Waals surface area (Å²) in [6.45, 7) is 0. The molecule has 1 unspecified atom stereocenters. The molecule has 6 nitrogen and oxygen atoms in total. The van der Waals surface area contributed by atoms with E-state index in [0.29, 0.717) is 18.4 Å². The van der Waals surface area contributed by atoms with Gasteiger partial charge in [0.05, 0.1) is 5.92 Å². The first-order valence-electron chi connectivity index (χ1n) is 4.61. The summed E-state index contributed by atoms with van der Waals surface area (Å²) in [7, 11) is 0. The molecule has 0 bridgehead atoms. The number of hydrogen-bond acceptors (Lipinski definition) is 3. The minimum atomic E-state index is -1.11. The number of aromatic carboxylic acids is 1. The molecular weight excluding hydrogens is 200 g/mol. The van der Waals surface area contributed by atoms with Gasteiger partial charge in [0.15, 0.2) is 5.69 Å². The van der Waals surface area contributed by atoms with E-state index < -0.39 is 17.9 Å². The van der Waals surface area contributed by atoms with Gasteiger partial charge in [0, 0.05) is 11.3 Å². The second-order valence-corrected chi connectivity index (χ2v) is 3.61. The van der Waals surface area contributed by atoms with E-state index in [1.807, 2.05) is 0 Å². The van der Waals surface area contributed by atoms with Gasteiger partial charge in [-0.15, -0.1) is 0 Å². The summed E-state index contributed by atoms with van der Waals surface area (Å²) < 4.78 is 0. The zero-order valence-corrected chi connectivity index (χ0v) is 7.86. The van der Waals surface area contributed by atoms with Gasteiger partial charge in [-0.1, -0.05) is 0 Å². The maximum atomic E-state index is 10.8. The lowest BCUT2D eigenvalue weighted by Gasteiger charge is -2.17. The summed E-state index contributed by atoms with van der Waals surface area (Å²) in [5, 5.41) is 24.0. The summed E-state index contributed by atoms with van der Waals surface area (Å²) in [6.07, 6.45) is 1.33. The number of aliphatic carboxylic acids is 1. The molecule has 1 heterocycles. The third-order valence-electron chi connectivity index (χ3n) is 2.70. The average molecular weight is 210 g/mol. The average Bonchev–Trinajstić information content (AvgIpc) is 2.59. The number of aromatic nitrogens is 2. The van der Waals surface area contributed by atoms with Crippen molar-refractivity contribution in [3.63, 3.8) is 0 Å². The van der Waals surface area contributed by atoms with Crippen molar-refractivity contribution >= 4 is 11.9 Å². The van der Waals surface area contributed by atoms with E-state index in [2.05, 4.69) is 10.2 Å². The van der Waals surface area contributed by atoms with Crippen LogP contribution in [0.1, 0.15) is 28.2 Å². The van der Waals surface area contributed by atoms with Crippen molar-refractivity contribution in [2.24, 2.45) is 5.92 Å². The Hall–Kier alpha value is -1.85. The highest BCUT2D eigenvalue weighted by atomic mass is 16.4.